The molecule has 0 aromatic heterocycles. The van der Waals surface area contributed by atoms with Crippen molar-refractivity contribution in [3.8, 4) is 0 Å². The first-order valence-corrected chi connectivity index (χ1v) is 19.1. The predicted molar refractivity (Wildman–Crippen MR) is 194 cm³/mol. The van der Waals surface area contributed by atoms with Crippen molar-refractivity contribution in [2.24, 2.45) is 0 Å². The minimum atomic E-state index is -1.01. The Labute approximate surface area is 278 Å². The van der Waals surface area contributed by atoms with Crippen molar-refractivity contribution < 1.29 is 18.9 Å². The third-order valence-corrected chi connectivity index (χ3v) is 16.1. The largest absolute Gasteiger partial charge is 0.349 e. The maximum atomic E-state index is 7.59. The molecule has 1 saturated heterocycles. The molecular weight excluding hydrogens is 606 g/mol. The lowest BCUT2D eigenvalue weighted by molar-refractivity contribution is -0.473. The van der Waals surface area contributed by atoms with Crippen molar-refractivity contribution >= 4 is 37.1 Å². The summed E-state index contributed by atoms with van der Waals surface area (Å²) in [5, 5.41) is 4.55. The molecule has 1 aliphatic heterocycles. The maximum Gasteiger partial charge on any atom is 0.223 e. The second-order valence-corrected chi connectivity index (χ2v) is 19.2. The average molecular weight is 655 g/mol. The molecule has 4 unspecified atom stereocenters. The molecule has 4 aromatic carbocycles. The molecule has 0 amide bonds. The van der Waals surface area contributed by atoms with Gasteiger partial charge in [-0.25, -0.2) is 0 Å². The van der Waals surface area contributed by atoms with E-state index in [0.717, 1.165) is 25.7 Å². The molecule has 46 heavy (non-hydrogen) atoms. The molecule has 1 aliphatic carbocycles. The number of hydrogen-bond donors (Lipinski definition) is 0. The van der Waals surface area contributed by atoms with Gasteiger partial charge < -0.3 is 18.9 Å². The highest BCUT2D eigenvalue weighted by atomic mass is 31.1. The summed E-state index contributed by atoms with van der Waals surface area (Å²) in [5.74, 6) is -2.02. The van der Waals surface area contributed by atoms with Crippen molar-refractivity contribution in [3.05, 3.63) is 121 Å². The van der Waals surface area contributed by atoms with E-state index < -0.39 is 27.4 Å². The van der Waals surface area contributed by atoms with E-state index in [4.69, 9.17) is 18.9 Å². The average Bonchev–Trinajstić information content (AvgIpc) is 3.09. The van der Waals surface area contributed by atoms with Crippen molar-refractivity contribution in [2.75, 3.05) is 14.2 Å². The summed E-state index contributed by atoms with van der Waals surface area (Å²) in [6.45, 7) is 9.54. The van der Waals surface area contributed by atoms with Crippen molar-refractivity contribution in [2.45, 2.75) is 87.5 Å². The molecule has 1 saturated carbocycles. The highest BCUT2D eigenvalue weighted by Gasteiger charge is 2.68. The first-order valence-electron chi connectivity index (χ1n) is 16.5. The lowest BCUT2D eigenvalue weighted by atomic mass is 9.82. The fourth-order valence-corrected chi connectivity index (χ4v) is 13.8. The van der Waals surface area contributed by atoms with Crippen LogP contribution < -0.4 is 21.2 Å². The molecule has 0 bridgehead atoms. The molecule has 4 nitrogen and oxygen atoms in total. The van der Waals surface area contributed by atoms with Crippen LogP contribution in [-0.2, 0) is 18.9 Å². The third kappa shape index (κ3) is 5.92. The standard InChI is InChI=1S/C40H48O4P2/c1-37(2,45(31-21-11-7-12-22-31)32-23-13-8-14-24-32)35-36(44-40(42-6)30-20-19-29-39(40,41-5)43-35)38(3,4)46(33-25-15-9-16-26-33)34-27-17-10-18-28-34/h7-18,21-28,35-36H,19-20,29-30H2,1-6H3. The SMILES string of the molecule is COC12CCCCC1(OC)OC(C(C)(C)P(c1ccccc1)c1ccccc1)C(C(C)(C)P(c1ccccc1)c1ccccc1)O2. The Bertz CT molecular complexity index is 1350. The van der Waals surface area contributed by atoms with Crippen LogP contribution in [0.4, 0.5) is 0 Å². The topological polar surface area (TPSA) is 36.9 Å². The van der Waals surface area contributed by atoms with Crippen LogP contribution in [0.25, 0.3) is 0 Å². The first-order chi connectivity index (χ1) is 22.2. The van der Waals surface area contributed by atoms with Gasteiger partial charge in [-0.1, -0.05) is 149 Å². The third-order valence-electron chi connectivity index (χ3n) is 10.0. The van der Waals surface area contributed by atoms with Crippen molar-refractivity contribution in [1.29, 1.82) is 0 Å². The lowest BCUT2D eigenvalue weighted by Crippen LogP contribution is -2.74. The summed E-state index contributed by atoms with van der Waals surface area (Å²) >= 11 is 0. The van der Waals surface area contributed by atoms with Crippen LogP contribution in [-0.4, -0.2) is 48.3 Å². The zero-order valence-corrected chi connectivity index (χ0v) is 29.8. The van der Waals surface area contributed by atoms with Crippen LogP contribution >= 0.6 is 15.8 Å². The van der Waals surface area contributed by atoms with Gasteiger partial charge in [0.15, 0.2) is 0 Å². The molecule has 0 N–H and O–H groups in total. The summed E-state index contributed by atoms with van der Waals surface area (Å²) in [7, 11) is 1.75. The molecule has 1 heterocycles. The Hall–Kier alpha value is -2.42. The number of fused-ring (bicyclic) bond motifs is 1. The van der Waals surface area contributed by atoms with Crippen LogP contribution in [0.3, 0.4) is 0 Å². The fourth-order valence-electron chi connectivity index (χ4n) is 7.76. The normalized spacial score (nSPS) is 25.4. The number of benzene rings is 4. The van der Waals surface area contributed by atoms with Crippen LogP contribution in [0.1, 0.15) is 53.4 Å². The van der Waals surface area contributed by atoms with Gasteiger partial charge in [0.25, 0.3) is 0 Å². The second kappa shape index (κ2) is 13.6. The molecule has 2 aliphatic rings. The van der Waals surface area contributed by atoms with E-state index >= 15 is 0 Å². The van der Waals surface area contributed by atoms with E-state index in [2.05, 4.69) is 149 Å². The molecule has 0 radical (unpaired) electrons. The van der Waals surface area contributed by atoms with Gasteiger partial charge in [0.05, 0.1) is 12.2 Å². The monoisotopic (exact) mass is 654 g/mol. The molecule has 0 spiro atoms. The number of methoxy groups -OCH3 is 2. The Morgan fingerprint density at radius 1 is 0.500 bits per heavy atom. The highest BCUT2D eigenvalue weighted by molar-refractivity contribution is 7.75. The quantitative estimate of drug-likeness (QED) is 0.163. The summed E-state index contributed by atoms with van der Waals surface area (Å²) in [6, 6.07) is 43.8. The number of rotatable bonds is 10. The van der Waals surface area contributed by atoms with Crippen LogP contribution in [0.5, 0.6) is 0 Å². The van der Waals surface area contributed by atoms with Crippen LogP contribution in [0.2, 0.25) is 0 Å². The summed E-state index contributed by atoms with van der Waals surface area (Å²) in [4.78, 5) is 0. The fraction of sp³-hybridized carbons (Fsp3) is 0.400. The first kappa shape index (κ1) is 33.5. The van der Waals surface area contributed by atoms with Gasteiger partial charge >= 0.3 is 0 Å². The second-order valence-electron chi connectivity index (χ2n) is 13.5. The van der Waals surface area contributed by atoms with E-state index in [9.17, 15) is 0 Å². The molecule has 2 fully saturated rings. The van der Waals surface area contributed by atoms with Gasteiger partial charge in [0.1, 0.15) is 0 Å². The molecule has 6 heteroatoms. The van der Waals surface area contributed by atoms with Crippen LogP contribution in [0, 0.1) is 0 Å². The van der Waals surface area contributed by atoms with Gasteiger partial charge in [-0.15, -0.1) is 0 Å². The van der Waals surface area contributed by atoms with Crippen molar-refractivity contribution in [1.82, 2.24) is 0 Å². The minimum absolute atomic E-state index is 0.312. The number of ether oxygens (including phenoxy) is 4. The molecular formula is C40H48O4P2. The van der Waals surface area contributed by atoms with E-state index in [1.807, 2.05) is 0 Å². The zero-order chi connectivity index (χ0) is 32.4. The molecule has 6 rings (SSSR count). The van der Waals surface area contributed by atoms with E-state index in [0.29, 0.717) is 0 Å². The summed E-state index contributed by atoms with van der Waals surface area (Å²) in [6.07, 6.45) is 2.81. The predicted octanol–water partition coefficient (Wildman–Crippen LogP) is 7.85. The molecule has 242 valence electrons. The number of hydrogen-bond acceptors (Lipinski definition) is 4. The van der Waals surface area contributed by atoms with Gasteiger partial charge in [-0.05, 0) is 49.9 Å². The van der Waals surface area contributed by atoms with Gasteiger partial charge in [-0.2, -0.15) is 0 Å². The van der Waals surface area contributed by atoms with Gasteiger partial charge in [-0.3, -0.25) is 0 Å². The molecule has 4 aromatic rings. The van der Waals surface area contributed by atoms with E-state index in [1.54, 1.807) is 14.2 Å². The summed E-state index contributed by atoms with van der Waals surface area (Å²) < 4.78 is 28.0. The van der Waals surface area contributed by atoms with E-state index in [-0.39, 0.29) is 22.5 Å². The Morgan fingerprint density at radius 3 is 1.00 bits per heavy atom. The van der Waals surface area contributed by atoms with Gasteiger partial charge in [0, 0.05) is 37.4 Å². The Morgan fingerprint density at radius 2 is 0.761 bits per heavy atom. The Balaban J connectivity index is 1.56. The Kier molecular flexibility index (Phi) is 9.90. The van der Waals surface area contributed by atoms with Crippen molar-refractivity contribution in [3.63, 3.8) is 0 Å². The smallest absolute Gasteiger partial charge is 0.223 e. The minimum Gasteiger partial charge on any atom is -0.349 e. The lowest BCUT2D eigenvalue weighted by Gasteiger charge is -2.63. The highest BCUT2D eigenvalue weighted by Crippen LogP contribution is 2.62. The summed E-state index contributed by atoms with van der Waals surface area (Å²) in [5.41, 5.74) is 0. The van der Waals surface area contributed by atoms with Gasteiger partial charge in [0.2, 0.25) is 11.6 Å². The maximum absolute atomic E-state index is 7.59. The van der Waals surface area contributed by atoms with E-state index in [1.165, 1.54) is 21.2 Å². The zero-order valence-electron chi connectivity index (χ0n) is 28.1. The molecule has 4 atom stereocenters. The van der Waals surface area contributed by atoms with Crippen LogP contribution in [0.15, 0.2) is 121 Å².